The van der Waals surface area contributed by atoms with Crippen molar-refractivity contribution in [3.8, 4) is 0 Å². The minimum atomic E-state index is 0. The van der Waals surface area contributed by atoms with Gasteiger partial charge < -0.3 is 20.3 Å². The zero-order valence-corrected chi connectivity index (χ0v) is 17.6. The normalized spacial score (nSPS) is 21.8. The summed E-state index contributed by atoms with van der Waals surface area (Å²) in [4.78, 5) is 6.93. The van der Waals surface area contributed by atoms with Crippen LogP contribution >= 0.6 is 35.7 Å². The number of aliphatic imine (C=N–C) groups is 1. The van der Waals surface area contributed by atoms with E-state index in [4.69, 9.17) is 4.74 Å². The molecule has 1 rings (SSSR count). The van der Waals surface area contributed by atoms with Crippen LogP contribution in [0.3, 0.4) is 0 Å². The number of nitrogens with zero attached hydrogens (tertiary/aromatic N) is 2. The molecule has 0 radical (unpaired) electrons. The van der Waals surface area contributed by atoms with E-state index in [0.29, 0.717) is 6.04 Å². The van der Waals surface area contributed by atoms with E-state index in [-0.39, 0.29) is 24.0 Å². The monoisotopic (exact) mass is 444 g/mol. The fourth-order valence-electron chi connectivity index (χ4n) is 2.49. The second kappa shape index (κ2) is 13.7. The average Bonchev–Trinajstić information content (AvgIpc) is 2.93. The van der Waals surface area contributed by atoms with Gasteiger partial charge in [0.25, 0.3) is 0 Å². The number of likely N-dealkylation sites (N-methyl/N-ethyl adjacent to an activating group) is 1. The molecular formula is C15H33IN4OS. The SMILES string of the molecule is CCNC(=NCCN(C)CCOC)NC1CCC(SC)C1.I. The van der Waals surface area contributed by atoms with Crippen LogP contribution in [0.5, 0.6) is 0 Å². The summed E-state index contributed by atoms with van der Waals surface area (Å²) in [5.41, 5.74) is 0. The van der Waals surface area contributed by atoms with Crippen LogP contribution in [0, 0.1) is 0 Å². The number of thioether (sulfide) groups is 1. The van der Waals surface area contributed by atoms with Crippen LogP contribution in [0.25, 0.3) is 0 Å². The molecule has 0 spiro atoms. The van der Waals surface area contributed by atoms with Crippen molar-refractivity contribution in [1.29, 1.82) is 0 Å². The molecule has 7 heteroatoms. The minimum Gasteiger partial charge on any atom is -0.383 e. The van der Waals surface area contributed by atoms with E-state index in [1.807, 2.05) is 11.8 Å². The van der Waals surface area contributed by atoms with Crippen molar-refractivity contribution in [2.24, 2.45) is 4.99 Å². The summed E-state index contributed by atoms with van der Waals surface area (Å²) >= 11 is 1.99. The van der Waals surface area contributed by atoms with Crippen LogP contribution < -0.4 is 10.6 Å². The van der Waals surface area contributed by atoms with Gasteiger partial charge in [-0.15, -0.1) is 24.0 Å². The number of rotatable bonds is 9. The Balaban J connectivity index is 0.00000441. The predicted molar refractivity (Wildman–Crippen MR) is 109 cm³/mol. The van der Waals surface area contributed by atoms with Crippen molar-refractivity contribution < 1.29 is 4.74 Å². The minimum absolute atomic E-state index is 0. The average molecular weight is 444 g/mol. The van der Waals surface area contributed by atoms with Crippen LogP contribution in [0.15, 0.2) is 4.99 Å². The Kier molecular flexibility index (Phi) is 13.9. The maximum absolute atomic E-state index is 5.08. The van der Waals surface area contributed by atoms with Crippen molar-refractivity contribution >= 4 is 41.7 Å². The van der Waals surface area contributed by atoms with E-state index >= 15 is 0 Å². The Morgan fingerprint density at radius 2 is 2.14 bits per heavy atom. The zero-order valence-electron chi connectivity index (χ0n) is 14.4. The summed E-state index contributed by atoms with van der Waals surface area (Å²) < 4.78 is 5.08. The topological polar surface area (TPSA) is 48.9 Å². The number of methoxy groups -OCH3 is 1. The summed E-state index contributed by atoms with van der Waals surface area (Å²) in [6, 6.07) is 0.575. The number of ether oxygens (including phenoxy) is 1. The molecule has 22 heavy (non-hydrogen) atoms. The molecule has 0 aromatic carbocycles. The molecule has 0 amide bonds. The molecule has 2 atom stereocenters. The number of nitrogens with one attached hydrogen (secondary N) is 2. The van der Waals surface area contributed by atoms with E-state index in [2.05, 4.69) is 40.8 Å². The zero-order chi connectivity index (χ0) is 15.5. The molecule has 1 aliphatic rings. The maximum atomic E-state index is 5.08. The molecule has 0 aromatic rings. The first-order valence-electron chi connectivity index (χ1n) is 7.94. The molecule has 2 unspecified atom stereocenters. The highest BCUT2D eigenvalue weighted by Crippen LogP contribution is 2.27. The second-order valence-corrected chi connectivity index (χ2v) is 6.71. The van der Waals surface area contributed by atoms with Gasteiger partial charge in [0.2, 0.25) is 0 Å². The third-order valence-electron chi connectivity index (χ3n) is 3.83. The number of hydrogen-bond acceptors (Lipinski definition) is 4. The Morgan fingerprint density at radius 3 is 2.73 bits per heavy atom. The highest BCUT2D eigenvalue weighted by molar-refractivity contribution is 14.0. The molecule has 0 bridgehead atoms. The molecule has 0 heterocycles. The van der Waals surface area contributed by atoms with E-state index in [1.165, 1.54) is 19.3 Å². The lowest BCUT2D eigenvalue weighted by atomic mass is 10.2. The Bertz CT molecular complexity index is 307. The van der Waals surface area contributed by atoms with Gasteiger partial charge in [0, 0.05) is 38.0 Å². The Hall–Kier alpha value is 0.270. The maximum Gasteiger partial charge on any atom is 0.191 e. The summed E-state index contributed by atoms with van der Waals surface area (Å²) in [5, 5.41) is 7.74. The molecule has 0 saturated heterocycles. The van der Waals surface area contributed by atoms with Crippen molar-refractivity contribution in [3.63, 3.8) is 0 Å². The van der Waals surface area contributed by atoms with Gasteiger partial charge in [-0.05, 0) is 39.5 Å². The molecule has 0 aromatic heterocycles. The van der Waals surface area contributed by atoms with Crippen LogP contribution in [0.2, 0.25) is 0 Å². The van der Waals surface area contributed by atoms with Gasteiger partial charge in [-0.25, -0.2) is 0 Å². The lowest BCUT2D eigenvalue weighted by Gasteiger charge is -2.18. The highest BCUT2D eigenvalue weighted by Gasteiger charge is 2.24. The van der Waals surface area contributed by atoms with Crippen LogP contribution in [-0.4, -0.2) is 75.4 Å². The third kappa shape index (κ3) is 9.42. The van der Waals surface area contributed by atoms with Crippen LogP contribution in [0.4, 0.5) is 0 Å². The largest absolute Gasteiger partial charge is 0.383 e. The van der Waals surface area contributed by atoms with Gasteiger partial charge in [0.1, 0.15) is 0 Å². The summed E-state index contributed by atoms with van der Waals surface area (Å²) in [5.74, 6) is 0.962. The molecule has 5 nitrogen and oxygen atoms in total. The fraction of sp³-hybridized carbons (Fsp3) is 0.933. The molecule has 0 aliphatic heterocycles. The lowest BCUT2D eigenvalue weighted by Crippen LogP contribution is -2.43. The van der Waals surface area contributed by atoms with Gasteiger partial charge in [-0.3, -0.25) is 4.99 Å². The molecule has 1 saturated carbocycles. The summed E-state index contributed by atoms with van der Waals surface area (Å²) in [7, 11) is 3.84. The van der Waals surface area contributed by atoms with Crippen molar-refractivity contribution in [2.75, 3.05) is 53.2 Å². The van der Waals surface area contributed by atoms with E-state index < -0.39 is 0 Å². The van der Waals surface area contributed by atoms with E-state index in [9.17, 15) is 0 Å². The second-order valence-electron chi connectivity index (χ2n) is 5.57. The first-order valence-corrected chi connectivity index (χ1v) is 9.23. The summed E-state index contributed by atoms with van der Waals surface area (Å²) in [6.07, 6.45) is 6.03. The van der Waals surface area contributed by atoms with Crippen molar-refractivity contribution in [2.45, 2.75) is 37.5 Å². The van der Waals surface area contributed by atoms with E-state index in [0.717, 1.165) is 44.0 Å². The molecule has 132 valence electrons. The van der Waals surface area contributed by atoms with Gasteiger partial charge >= 0.3 is 0 Å². The van der Waals surface area contributed by atoms with Gasteiger partial charge in [0.15, 0.2) is 5.96 Å². The smallest absolute Gasteiger partial charge is 0.191 e. The predicted octanol–water partition coefficient (Wildman–Crippen LogP) is 2.02. The van der Waals surface area contributed by atoms with Gasteiger partial charge in [-0.2, -0.15) is 11.8 Å². The quantitative estimate of drug-likeness (QED) is 0.324. The summed E-state index contributed by atoms with van der Waals surface area (Å²) in [6.45, 7) is 6.52. The number of hydrogen-bond donors (Lipinski definition) is 2. The van der Waals surface area contributed by atoms with Crippen molar-refractivity contribution in [1.82, 2.24) is 15.5 Å². The molecule has 1 aliphatic carbocycles. The van der Waals surface area contributed by atoms with Gasteiger partial charge in [0.05, 0.1) is 13.2 Å². The van der Waals surface area contributed by atoms with Crippen LogP contribution in [-0.2, 0) is 4.74 Å². The first kappa shape index (κ1) is 22.3. The Morgan fingerprint density at radius 1 is 1.36 bits per heavy atom. The number of guanidine groups is 1. The molecule has 2 N–H and O–H groups in total. The standard InChI is InChI=1S/C15H32N4OS.HI/c1-5-16-15(17-8-9-19(2)10-11-20-3)18-13-6-7-14(12-13)21-4;/h13-14H,5-12H2,1-4H3,(H2,16,17,18);1H. The fourth-order valence-corrected chi connectivity index (χ4v) is 3.29. The highest BCUT2D eigenvalue weighted by atomic mass is 127. The van der Waals surface area contributed by atoms with E-state index in [1.54, 1.807) is 7.11 Å². The lowest BCUT2D eigenvalue weighted by molar-refractivity contribution is 0.163. The van der Waals surface area contributed by atoms with Gasteiger partial charge in [-0.1, -0.05) is 0 Å². The van der Waals surface area contributed by atoms with Crippen molar-refractivity contribution in [3.05, 3.63) is 0 Å². The third-order valence-corrected chi connectivity index (χ3v) is 4.93. The number of halogens is 1. The Labute approximate surface area is 157 Å². The molecular weight excluding hydrogens is 411 g/mol. The first-order chi connectivity index (χ1) is 10.2. The van der Waals surface area contributed by atoms with Crippen LogP contribution in [0.1, 0.15) is 26.2 Å². The molecule has 1 fully saturated rings.